The van der Waals surface area contributed by atoms with Crippen LogP contribution < -0.4 is 15.8 Å². The van der Waals surface area contributed by atoms with Crippen LogP contribution in [0.1, 0.15) is 39.7 Å². The molecule has 0 saturated heterocycles. The number of aromatic nitrogens is 1. The summed E-state index contributed by atoms with van der Waals surface area (Å²) in [5.74, 6) is 0.597. The van der Waals surface area contributed by atoms with Crippen LogP contribution in [0.5, 0.6) is 5.75 Å². The molecule has 3 N–H and O–H groups in total. The SMILES string of the molecule is CC(=O)Nc1cc(-c2ccc(OC[C@@](C)(N)CC(C)(C)F)c(C#N)c2)ccn1. The Balaban J connectivity index is 2.21. The molecule has 0 bridgehead atoms. The molecule has 0 saturated carbocycles. The molecule has 0 fully saturated rings. The first-order chi connectivity index (χ1) is 13.0. The second-order valence-electron chi connectivity index (χ2n) is 7.77. The van der Waals surface area contributed by atoms with Gasteiger partial charge in [-0.05, 0) is 56.2 Å². The van der Waals surface area contributed by atoms with Gasteiger partial charge in [0.1, 0.15) is 29.9 Å². The molecule has 0 aliphatic heterocycles. The van der Waals surface area contributed by atoms with Crippen molar-refractivity contribution in [3.8, 4) is 22.9 Å². The second-order valence-corrected chi connectivity index (χ2v) is 7.77. The summed E-state index contributed by atoms with van der Waals surface area (Å²) in [7, 11) is 0. The number of ether oxygens (including phenoxy) is 1. The lowest BCUT2D eigenvalue weighted by Gasteiger charge is -2.29. The van der Waals surface area contributed by atoms with Crippen molar-refractivity contribution in [3.05, 3.63) is 42.1 Å². The Morgan fingerprint density at radius 2 is 1.96 bits per heavy atom. The van der Waals surface area contributed by atoms with Crippen LogP contribution in [0.3, 0.4) is 0 Å². The minimum Gasteiger partial charge on any atom is -0.490 e. The predicted octanol–water partition coefficient (Wildman–Crippen LogP) is 3.81. The van der Waals surface area contributed by atoms with Crippen molar-refractivity contribution in [2.75, 3.05) is 11.9 Å². The van der Waals surface area contributed by atoms with Gasteiger partial charge in [-0.25, -0.2) is 9.37 Å². The number of halogens is 1. The number of alkyl halides is 1. The molecular weight excluding hydrogens is 359 g/mol. The summed E-state index contributed by atoms with van der Waals surface area (Å²) in [6.07, 6.45) is 1.71. The molecule has 0 spiro atoms. The monoisotopic (exact) mass is 384 g/mol. The number of nitrogens with two attached hydrogens (primary N) is 1. The minimum atomic E-state index is -1.41. The number of carbonyl (C=O) groups excluding carboxylic acids is 1. The van der Waals surface area contributed by atoms with Gasteiger partial charge in [0.05, 0.1) is 11.1 Å². The number of amides is 1. The highest BCUT2D eigenvalue weighted by Crippen LogP contribution is 2.29. The standard InChI is InChI=1S/C21H25FN4O2/c1-14(27)26-19-10-16(7-8-25-19)15-5-6-18(17(9-15)11-23)28-13-21(4,24)12-20(2,3)22/h5-10H,12-13,24H2,1-4H3,(H,25,26,27)/t21-/m0/s1. The lowest BCUT2D eigenvalue weighted by Crippen LogP contribution is -2.46. The number of carbonyl (C=O) groups is 1. The molecule has 1 atom stereocenters. The Kier molecular flexibility index (Phi) is 6.37. The summed E-state index contributed by atoms with van der Waals surface area (Å²) >= 11 is 0. The van der Waals surface area contributed by atoms with Gasteiger partial charge in [-0.2, -0.15) is 5.26 Å². The van der Waals surface area contributed by atoms with Gasteiger partial charge in [0.2, 0.25) is 5.91 Å². The van der Waals surface area contributed by atoms with Crippen molar-refractivity contribution in [2.24, 2.45) is 5.73 Å². The highest BCUT2D eigenvalue weighted by atomic mass is 19.1. The van der Waals surface area contributed by atoms with Crippen LogP contribution in [-0.2, 0) is 4.79 Å². The number of anilines is 1. The van der Waals surface area contributed by atoms with Crippen LogP contribution in [-0.4, -0.2) is 28.7 Å². The van der Waals surface area contributed by atoms with E-state index in [0.717, 1.165) is 11.1 Å². The molecule has 28 heavy (non-hydrogen) atoms. The molecule has 0 radical (unpaired) electrons. The van der Waals surface area contributed by atoms with Crippen LogP contribution in [0.4, 0.5) is 10.2 Å². The average Bonchev–Trinajstić information content (AvgIpc) is 2.57. The molecule has 1 aromatic heterocycles. The maximum absolute atomic E-state index is 13.9. The van der Waals surface area contributed by atoms with E-state index in [1.54, 1.807) is 43.5 Å². The fourth-order valence-corrected chi connectivity index (χ4v) is 3.04. The highest BCUT2D eigenvalue weighted by Gasteiger charge is 2.30. The summed E-state index contributed by atoms with van der Waals surface area (Å²) < 4.78 is 19.6. The van der Waals surface area contributed by atoms with Crippen molar-refractivity contribution in [1.82, 2.24) is 4.98 Å². The zero-order chi connectivity index (χ0) is 20.9. The van der Waals surface area contributed by atoms with Crippen molar-refractivity contribution in [1.29, 1.82) is 5.26 Å². The summed E-state index contributed by atoms with van der Waals surface area (Å²) in [6, 6.07) is 10.8. The van der Waals surface area contributed by atoms with E-state index < -0.39 is 11.2 Å². The van der Waals surface area contributed by atoms with E-state index in [9.17, 15) is 14.4 Å². The first-order valence-electron chi connectivity index (χ1n) is 8.88. The van der Waals surface area contributed by atoms with Crippen LogP contribution in [0.2, 0.25) is 0 Å². The lowest BCUT2D eigenvalue weighted by molar-refractivity contribution is -0.114. The number of hydrogen-bond donors (Lipinski definition) is 2. The number of pyridine rings is 1. The Morgan fingerprint density at radius 1 is 1.29 bits per heavy atom. The summed E-state index contributed by atoms with van der Waals surface area (Å²) in [5, 5.41) is 12.1. The van der Waals surface area contributed by atoms with E-state index in [2.05, 4.69) is 16.4 Å². The predicted molar refractivity (Wildman–Crippen MR) is 107 cm³/mol. The van der Waals surface area contributed by atoms with Gasteiger partial charge in [-0.3, -0.25) is 4.79 Å². The fourth-order valence-electron chi connectivity index (χ4n) is 3.04. The smallest absolute Gasteiger partial charge is 0.222 e. The minimum absolute atomic E-state index is 0.0797. The third-order valence-corrected chi connectivity index (χ3v) is 3.88. The molecule has 1 amide bonds. The van der Waals surface area contributed by atoms with E-state index in [4.69, 9.17) is 10.5 Å². The van der Waals surface area contributed by atoms with Crippen molar-refractivity contribution in [2.45, 2.75) is 45.3 Å². The molecule has 0 unspecified atom stereocenters. The van der Waals surface area contributed by atoms with Crippen LogP contribution in [0.25, 0.3) is 11.1 Å². The third kappa shape index (κ3) is 6.32. The van der Waals surface area contributed by atoms with E-state index in [-0.39, 0.29) is 18.9 Å². The molecule has 2 aromatic rings. The Hall–Kier alpha value is -2.98. The zero-order valence-electron chi connectivity index (χ0n) is 16.5. The summed E-state index contributed by atoms with van der Waals surface area (Å²) in [4.78, 5) is 15.3. The summed E-state index contributed by atoms with van der Waals surface area (Å²) in [6.45, 7) is 6.14. The normalized spacial score (nSPS) is 13.3. The molecule has 0 aliphatic rings. The third-order valence-electron chi connectivity index (χ3n) is 3.88. The average molecular weight is 384 g/mol. The molecule has 1 heterocycles. The van der Waals surface area contributed by atoms with Crippen LogP contribution >= 0.6 is 0 Å². The first-order valence-corrected chi connectivity index (χ1v) is 8.88. The number of nitrogens with zero attached hydrogens (tertiary/aromatic N) is 2. The Morgan fingerprint density at radius 3 is 2.57 bits per heavy atom. The zero-order valence-corrected chi connectivity index (χ0v) is 16.5. The summed E-state index contributed by atoms with van der Waals surface area (Å²) in [5.41, 5.74) is 5.75. The van der Waals surface area contributed by atoms with Gasteiger partial charge in [0, 0.05) is 19.5 Å². The Labute approximate surface area is 164 Å². The first kappa shape index (κ1) is 21.3. The van der Waals surface area contributed by atoms with Gasteiger partial charge in [-0.1, -0.05) is 6.07 Å². The van der Waals surface area contributed by atoms with E-state index >= 15 is 0 Å². The largest absolute Gasteiger partial charge is 0.490 e. The van der Waals surface area contributed by atoms with E-state index in [1.165, 1.54) is 20.8 Å². The molecule has 6 nitrogen and oxygen atoms in total. The lowest BCUT2D eigenvalue weighted by atomic mass is 9.90. The van der Waals surface area contributed by atoms with Crippen molar-refractivity contribution >= 4 is 11.7 Å². The van der Waals surface area contributed by atoms with Gasteiger partial charge in [0.25, 0.3) is 0 Å². The van der Waals surface area contributed by atoms with Crippen LogP contribution in [0.15, 0.2) is 36.5 Å². The highest BCUT2D eigenvalue weighted by molar-refractivity contribution is 5.88. The second kappa shape index (κ2) is 8.36. The molecular formula is C21H25FN4O2. The van der Waals surface area contributed by atoms with Gasteiger partial charge in [-0.15, -0.1) is 0 Å². The quantitative estimate of drug-likeness (QED) is 0.756. The topological polar surface area (TPSA) is 101 Å². The van der Waals surface area contributed by atoms with Gasteiger partial charge >= 0.3 is 0 Å². The van der Waals surface area contributed by atoms with Gasteiger partial charge < -0.3 is 15.8 Å². The molecule has 148 valence electrons. The number of hydrogen-bond acceptors (Lipinski definition) is 5. The maximum Gasteiger partial charge on any atom is 0.222 e. The van der Waals surface area contributed by atoms with Crippen molar-refractivity contribution < 1.29 is 13.9 Å². The Bertz CT molecular complexity index is 898. The van der Waals surface area contributed by atoms with E-state index in [0.29, 0.717) is 17.1 Å². The molecule has 2 rings (SSSR count). The fraction of sp³-hybridized carbons (Fsp3) is 0.381. The molecule has 7 heteroatoms. The molecule has 0 aliphatic carbocycles. The maximum atomic E-state index is 13.9. The van der Waals surface area contributed by atoms with Gasteiger partial charge in [0.15, 0.2) is 0 Å². The van der Waals surface area contributed by atoms with Crippen LogP contribution in [0, 0.1) is 11.3 Å². The number of benzene rings is 1. The number of nitrogens with one attached hydrogen (secondary N) is 1. The number of rotatable bonds is 7. The molecule has 1 aromatic carbocycles. The number of nitriles is 1. The van der Waals surface area contributed by atoms with Crippen molar-refractivity contribution in [3.63, 3.8) is 0 Å². The van der Waals surface area contributed by atoms with E-state index in [1.807, 2.05) is 0 Å².